The molecule has 2 aromatic rings. The van der Waals surface area contributed by atoms with Gasteiger partial charge >= 0.3 is 0 Å². The van der Waals surface area contributed by atoms with E-state index >= 15 is 0 Å². The first kappa shape index (κ1) is 20.8. The van der Waals surface area contributed by atoms with Gasteiger partial charge in [-0.25, -0.2) is 8.42 Å². The minimum absolute atomic E-state index is 0.0953. The molecule has 0 aliphatic heterocycles. The summed E-state index contributed by atoms with van der Waals surface area (Å²) in [7, 11) is -2.37. The van der Waals surface area contributed by atoms with Crippen molar-refractivity contribution in [2.75, 3.05) is 19.8 Å². The summed E-state index contributed by atoms with van der Waals surface area (Å²) in [6, 6.07) is 13.5. The number of thioether (sulfide) groups is 1. The molecule has 1 amide bonds. The van der Waals surface area contributed by atoms with Crippen molar-refractivity contribution in [3.05, 3.63) is 59.1 Å². The molecule has 0 aliphatic carbocycles. The van der Waals surface area contributed by atoms with Crippen molar-refractivity contribution in [2.24, 2.45) is 0 Å². The van der Waals surface area contributed by atoms with Crippen LogP contribution in [0, 0.1) is 0 Å². The lowest BCUT2D eigenvalue weighted by Crippen LogP contribution is -2.39. The molecule has 8 heteroatoms. The van der Waals surface area contributed by atoms with Gasteiger partial charge in [-0.2, -0.15) is 4.31 Å². The fourth-order valence-corrected chi connectivity index (χ4v) is 4.00. The molecule has 0 saturated heterocycles. The van der Waals surface area contributed by atoms with Crippen LogP contribution in [0.5, 0.6) is 0 Å². The van der Waals surface area contributed by atoms with Gasteiger partial charge in [0.05, 0.1) is 17.5 Å². The molecule has 2 aromatic carbocycles. The largest absolute Gasteiger partial charge is 0.348 e. The quantitative estimate of drug-likeness (QED) is 0.706. The highest BCUT2D eigenvalue weighted by Crippen LogP contribution is 2.20. The van der Waals surface area contributed by atoms with Crippen LogP contribution in [0.25, 0.3) is 0 Å². The molecule has 0 radical (unpaired) electrons. The zero-order chi connectivity index (χ0) is 19.3. The van der Waals surface area contributed by atoms with Crippen LogP contribution in [-0.2, 0) is 14.8 Å². The number of carbonyl (C=O) groups excluding carboxylic acids is 1. The first-order chi connectivity index (χ1) is 12.2. The number of rotatable bonds is 7. The van der Waals surface area contributed by atoms with Gasteiger partial charge in [0.25, 0.3) is 0 Å². The summed E-state index contributed by atoms with van der Waals surface area (Å²) in [6.45, 7) is 1.60. The molecule has 1 N–H and O–H groups in total. The minimum atomic E-state index is -3.75. The van der Waals surface area contributed by atoms with Crippen molar-refractivity contribution < 1.29 is 13.2 Å². The Hall–Kier alpha value is -1.54. The van der Waals surface area contributed by atoms with Crippen molar-refractivity contribution in [3.8, 4) is 0 Å². The third-order valence-electron chi connectivity index (χ3n) is 3.88. The first-order valence-corrected chi connectivity index (χ1v) is 10.9. The molecule has 26 heavy (non-hydrogen) atoms. The highest BCUT2D eigenvalue weighted by atomic mass is 35.5. The number of nitrogens with zero attached hydrogens (tertiary/aromatic N) is 1. The van der Waals surface area contributed by atoms with Crippen molar-refractivity contribution in [1.82, 2.24) is 9.62 Å². The SMILES string of the molecule is CSc1ccc([C@@H](C)NC(=O)CN(C)S(=O)(=O)c2ccc(Cl)cc2)cc1. The number of amides is 1. The number of sulfonamides is 1. The van der Waals surface area contributed by atoms with Gasteiger partial charge in [-0.05, 0) is 55.1 Å². The molecule has 0 heterocycles. The molecule has 0 saturated carbocycles. The highest BCUT2D eigenvalue weighted by molar-refractivity contribution is 7.98. The second kappa shape index (κ2) is 8.90. The van der Waals surface area contributed by atoms with E-state index in [4.69, 9.17) is 11.6 Å². The van der Waals surface area contributed by atoms with Crippen LogP contribution < -0.4 is 5.32 Å². The maximum atomic E-state index is 12.5. The number of hydrogen-bond donors (Lipinski definition) is 1. The summed E-state index contributed by atoms with van der Waals surface area (Å²) in [4.78, 5) is 13.5. The Morgan fingerprint density at radius 3 is 2.27 bits per heavy atom. The Bertz CT molecular complexity index is 853. The lowest BCUT2D eigenvalue weighted by Gasteiger charge is -2.19. The van der Waals surface area contributed by atoms with Gasteiger partial charge in [-0.1, -0.05) is 23.7 Å². The van der Waals surface area contributed by atoms with E-state index in [1.54, 1.807) is 11.8 Å². The molecule has 140 valence electrons. The fourth-order valence-electron chi connectivity index (χ4n) is 2.34. The smallest absolute Gasteiger partial charge is 0.243 e. The number of benzene rings is 2. The summed E-state index contributed by atoms with van der Waals surface area (Å²) in [6.07, 6.45) is 2.00. The molecule has 0 aromatic heterocycles. The molecule has 2 rings (SSSR count). The van der Waals surface area contributed by atoms with Gasteiger partial charge in [0.15, 0.2) is 0 Å². The zero-order valence-corrected chi connectivity index (χ0v) is 17.2. The zero-order valence-electron chi connectivity index (χ0n) is 14.8. The van der Waals surface area contributed by atoms with E-state index in [1.807, 2.05) is 37.4 Å². The lowest BCUT2D eigenvalue weighted by molar-refractivity contribution is -0.121. The van der Waals surface area contributed by atoms with Gasteiger partial charge < -0.3 is 5.32 Å². The molecule has 0 aliphatic rings. The number of nitrogens with one attached hydrogen (secondary N) is 1. The average molecular weight is 413 g/mol. The van der Waals surface area contributed by atoms with Crippen LogP contribution in [0.4, 0.5) is 0 Å². The maximum Gasteiger partial charge on any atom is 0.243 e. The van der Waals surface area contributed by atoms with Gasteiger partial charge in [0, 0.05) is 17.0 Å². The first-order valence-electron chi connectivity index (χ1n) is 7.89. The van der Waals surface area contributed by atoms with E-state index in [1.165, 1.54) is 31.3 Å². The molecule has 0 bridgehead atoms. The van der Waals surface area contributed by atoms with Gasteiger partial charge in [-0.3, -0.25) is 4.79 Å². The molecular formula is C18H21ClN2O3S2. The molecule has 0 fully saturated rings. The topological polar surface area (TPSA) is 66.5 Å². The summed E-state index contributed by atoms with van der Waals surface area (Å²) in [5, 5.41) is 3.27. The van der Waals surface area contributed by atoms with Crippen LogP contribution in [0.15, 0.2) is 58.3 Å². The van der Waals surface area contributed by atoms with E-state index in [-0.39, 0.29) is 23.4 Å². The van der Waals surface area contributed by atoms with E-state index < -0.39 is 10.0 Å². The summed E-state index contributed by atoms with van der Waals surface area (Å²) in [5.74, 6) is -0.369. The van der Waals surface area contributed by atoms with Crippen molar-refractivity contribution >= 4 is 39.3 Å². The molecule has 0 spiro atoms. The summed E-state index contributed by atoms with van der Waals surface area (Å²) in [5.41, 5.74) is 0.958. The average Bonchev–Trinajstić information content (AvgIpc) is 2.61. The predicted octanol–water partition coefficient (Wildman–Crippen LogP) is 3.56. The number of carbonyl (C=O) groups is 1. The maximum absolute atomic E-state index is 12.5. The van der Waals surface area contributed by atoms with Crippen LogP contribution in [0.1, 0.15) is 18.5 Å². The Balaban J connectivity index is 2.00. The second-order valence-electron chi connectivity index (χ2n) is 5.78. The number of likely N-dealkylation sites (N-methyl/N-ethyl adjacent to an activating group) is 1. The highest BCUT2D eigenvalue weighted by Gasteiger charge is 2.23. The third kappa shape index (κ3) is 5.23. The molecule has 5 nitrogen and oxygen atoms in total. The number of hydrogen-bond acceptors (Lipinski definition) is 4. The minimum Gasteiger partial charge on any atom is -0.348 e. The van der Waals surface area contributed by atoms with Crippen LogP contribution in [-0.4, -0.2) is 38.5 Å². The van der Waals surface area contributed by atoms with E-state index in [9.17, 15) is 13.2 Å². The Morgan fingerprint density at radius 2 is 1.73 bits per heavy atom. The van der Waals surface area contributed by atoms with Crippen molar-refractivity contribution in [3.63, 3.8) is 0 Å². The molecule has 1 atom stereocenters. The lowest BCUT2D eigenvalue weighted by atomic mass is 10.1. The molecular weight excluding hydrogens is 392 g/mol. The third-order valence-corrected chi connectivity index (χ3v) is 6.69. The van der Waals surface area contributed by atoms with Gasteiger partial charge in [0.1, 0.15) is 0 Å². The standard InChI is InChI=1S/C18H21ClN2O3S2/c1-13(14-4-8-16(25-3)9-5-14)20-18(22)12-21(2)26(23,24)17-10-6-15(19)7-11-17/h4-11,13H,12H2,1-3H3,(H,20,22)/t13-/m1/s1. The second-order valence-corrected chi connectivity index (χ2v) is 9.14. The Morgan fingerprint density at radius 1 is 1.15 bits per heavy atom. The summed E-state index contributed by atoms with van der Waals surface area (Å²) < 4.78 is 26.0. The Labute approximate surface area is 163 Å². The van der Waals surface area contributed by atoms with Crippen LogP contribution in [0.2, 0.25) is 5.02 Å². The normalized spacial score (nSPS) is 12.8. The van der Waals surface area contributed by atoms with Gasteiger partial charge in [0.2, 0.25) is 15.9 Å². The predicted molar refractivity (Wildman–Crippen MR) is 106 cm³/mol. The van der Waals surface area contributed by atoms with E-state index in [0.29, 0.717) is 5.02 Å². The van der Waals surface area contributed by atoms with Gasteiger partial charge in [-0.15, -0.1) is 11.8 Å². The summed E-state index contributed by atoms with van der Waals surface area (Å²) >= 11 is 7.43. The molecule has 0 unspecified atom stereocenters. The number of halogens is 1. The van der Waals surface area contributed by atoms with E-state index in [0.717, 1.165) is 14.8 Å². The van der Waals surface area contributed by atoms with Crippen molar-refractivity contribution in [2.45, 2.75) is 22.8 Å². The Kier molecular flexibility index (Phi) is 7.11. The van der Waals surface area contributed by atoms with Crippen molar-refractivity contribution in [1.29, 1.82) is 0 Å². The monoisotopic (exact) mass is 412 g/mol. The van der Waals surface area contributed by atoms with Crippen LogP contribution in [0.3, 0.4) is 0 Å². The van der Waals surface area contributed by atoms with Crippen LogP contribution >= 0.6 is 23.4 Å². The van der Waals surface area contributed by atoms with E-state index in [2.05, 4.69) is 5.32 Å². The fraction of sp³-hybridized carbons (Fsp3) is 0.278.